The summed E-state index contributed by atoms with van der Waals surface area (Å²) in [4.78, 5) is 15.2. The van der Waals surface area contributed by atoms with Gasteiger partial charge in [0.1, 0.15) is 17.3 Å². The number of aryl methyl sites for hydroxylation is 1. The number of carboxylic acid groups (broad SMARTS) is 1. The number of carbonyl (C=O) groups is 1. The fraction of sp³-hybridized carbons (Fsp3) is 0.150. The van der Waals surface area contributed by atoms with Crippen LogP contribution in [0.1, 0.15) is 11.1 Å². The molecule has 0 spiro atoms. The first-order valence-electron chi connectivity index (χ1n) is 8.25. The molecule has 0 saturated carbocycles. The molecule has 3 rings (SSSR count). The smallest absolute Gasteiger partial charge is 0.341 e. The lowest BCUT2D eigenvalue weighted by atomic mass is 10.1. The summed E-state index contributed by atoms with van der Waals surface area (Å²) in [6.45, 7) is 1.59. The zero-order chi connectivity index (χ0) is 19.2. The van der Waals surface area contributed by atoms with E-state index in [-0.39, 0.29) is 0 Å². The third-order valence-corrected chi connectivity index (χ3v) is 3.88. The van der Waals surface area contributed by atoms with Gasteiger partial charge in [-0.1, -0.05) is 12.1 Å². The molecule has 0 atom stereocenters. The summed E-state index contributed by atoms with van der Waals surface area (Å²) in [6.07, 6.45) is 1.56. The summed E-state index contributed by atoms with van der Waals surface area (Å²) >= 11 is 0. The first-order chi connectivity index (χ1) is 13.1. The number of aliphatic carboxylic acids is 1. The third kappa shape index (κ3) is 4.52. The largest absolute Gasteiger partial charge is 0.497 e. The predicted molar refractivity (Wildman–Crippen MR) is 104 cm³/mol. The number of hydrogen-bond donors (Lipinski definition) is 2. The molecule has 7 nitrogen and oxygen atoms in total. The second-order valence-electron chi connectivity index (χ2n) is 5.80. The highest BCUT2D eigenvalue weighted by atomic mass is 16.5. The van der Waals surface area contributed by atoms with Gasteiger partial charge < -0.3 is 14.6 Å². The standard InChI is InChI=1S/C20H19N3O4/c1-13-9-19(22-17-10-15(26-2)7-8-16(13)17)23-21-11-14-5-3-4-6-18(14)27-12-20(24)25/h3-11H,12H2,1-2H3,(H,22,23)(H,24,25)/b21-11-. The monoisotopic (exact) mass is 365 g/mol. The normalized spacial score (nSPS) is 10.9. The van der Waals surface area contributed by atoms with E-state index in [1.807, 2.05) is 37.3 Å². The van der Waals surface area contributed by atoms with Crippen molar-refractivity contribution in [2.45, 2.75) is 6.92 Å². The number of para-hydroxylation sites is 1. The fourth-order valence-corrected chi connectivity index (χ4v) is 2.59. The van der Waals surface area contributed by atoms with E-state index >= 15 is 0 Å². The Kier molecular flexibility index (Phi) is 5.51. The molecule has 0 fully saturated rings. The van der Waals surface area contributed by atoms with Crippen LogP contribution in [0.3, 0.4) is 0 Å². The fourth-order valence-electron chi connectivity index (χ4n) is 2.59. The molecule has 0 radical (unpaired) electrons. The predicted octanol–water partition coefficient (Wildman–Crippen LogP) is 3.46. The van der Waals surface area contributed by atoms with Gasteiger partial charge in [0, 0.05) is 17.0 Å². The summed E-state index contributed by atoms with van der Waals surface area (Å²) in [7, 11) is 1.62. The number of nitrogens with zero attached hydrogens (tertiary/aromatic N) is 2. The Bertz CT molecular complexity index is 1000. The van der Waals surface area contributed by atoms with Crippen LogP contribution in [0.25, 0.3) is 10.9 Å². The summed E-state index contributed by atoms with van der Waals surface area (Å²) in [5, 5.41) is 14.0. The molecule has 0 bridgehead atoms. The van der Waals surface area contributed by atoms with Crippen molar-refractivity contribution in [1.82, 2.24) is 4.98 Å². The van der Waals surface area contributed by atoms with Crippen LogP contribution in [-0.2, 0) is 4.79 Å². The van der Waals surface area contributed by atoms with Crippen molar-refractivity contribution >= 4 is 28.9 Å². The van der Waals surface area contributed by atoms with Crippen molar-refractivity contribution in [2.24, 2.45) is 5.10 Å². The highest BCUT2D eigenvalue weighted by Crippen LogP contribution is 2.24. The maximum Gasteiger partial charge on any atom is 0.341 e. The molecule has 0 saturated heterocycles. The minimum absolute atomic E-state index is 0.411. The van der Waals surface area contributed by atoms with Gasteiger partial charge >= 0.3 is 5.97 Å². The second-order valence-corrected chi connectivity index (χ2v) is 5.80. The van der Waals surface area contributed by atoms with E-state index in [0.29, 0.717) is 17.1 Å². The van der Waals surface area contributed by atoms with Gasteiger partial charge in [-0.3, -0.25) is 5.43 Å². The van der Waals surface area contributed by atoms with Gasteiger partial charge in [-0.15, -0.1) is 0 Å². The third-order valence-electron chi connectivity index (χ3n) is 3.88. The molecule has 7 heteroatoms. The number of pyridine rings is 1. The zero-order valence-corrected chi connectivity index (χ0v) is 15.0. The van der Waals surface area contributed by atoms with E-state index in [1.165, 1.54) is 0 Å². The van der Waals surface area contributed by atoms with Crippen LogP contribution in [0, 0.1) is 6.92 Å². The van der Waals surface area contributed by atoms with Crippen LogP contribution in [0.5, 0.6) is 11.5 Å². The van der Waals surface area contributed by atoms with E-state index in [2.05, 4.69) is 15.5 Å². The summed E-state index contributed by atoms with van der Waals surface area (Å²) in [5.41, 5.74) is 5.42. The number of ether oxygens (including phenoxy) is 2. The Morgan fingerprint density at radius 3 is 2.85 bits per heavy atom. The van der Waals surface area contributed by atoms with Crippen LogP contribution in [0.4, 0.5) is 5.82 Å². The average Bonchev–Trinajstić information content (AvgIpc) is 2.66. The molecular formula is C20H19N3O4. The van der Waals surface area contributed by atoms with Crippen molar-refractivity contribution in [3.8, 4) is 11.5 Å². The van der Waals surface area contributed by atoms with Crippen molar-refractivity contribution < 1.29 is 19.4 Å². The number of hydrogen-bond acceptors (Lipinski definition) is 6. The molecule has 0 amide bonds. The lowest BCUT2D eigenvalue weighted by molar-refractivity contribution is -0.139. The van der Waals surface area contributed by atoms with E-state index in [0.717, 1.165) is 22.2 Å². The van der Waals surface area contributed by atoms with E-state index in [1.54, 1.807) is 31.5 Å². The van der Waals surface area contributed by atoms with E-state index < -0.39 is 12.6 Å². The summed E-state index contributed by atoms with van der Waals surface area (Å²) < 4.78 is 10.5. The number of benzene rings is 2. The summed E-state index contributed by atoms with van der Waals surface area (Å²) in [5.74, 6) is 0.733. The van der Waals surface area contributed by atoms with Gasteiger partial charge in [0.15, 0.2) is 6.61 Å². The van der Waals surface area contributed by atoms with Crippen LogP contribution in [-0.4, -0.2) is 36.0 Å². The lowest BCUT2D eigenvalue weighted by Gasteiger charge is -2.08. The van der Waals surface area contributed by atoms with Gasteiger partial charge in [-0.2, -0.15) is 5.10 Å². The zero-order valence-electron chi connectivity index (χ0n) is 15.0. The van der Waals surface area contributed by atoms with Crippen LogP contribution in [0.2, 0.25) is 0 Å². The SMILES string of the molecule is COc1ccc2c(C)cc(N/N=C\c3ccccc3OCC(=O)O)nc2c1. The maximum absolute atomic E-state index is 10.7. The van der Waals surface area contributed by atoms with Gasteiger partial charge in [-0.05, 0) is 42.8 Å². The molecule has 1 heterocycles. The first-order valence-corrected chi connectivity index (χ1v) is 8.25. The Morgan fingerprint density at radius 2 is 2.07 bits per heavy atom. The molecule has 3 aromatic rings. The molecule has 0 aliphatic heterocycles. The number of carboxylic acids is 1. The lowest BCUT2D eigenvalue weighted by Crippen LogP contribution is -2.10. The van der Waals surface area contributed by atoms with E-state index in [9.17, 15) is 4.79 Å². The summed E-state index contributed by atoms with van der Waals surface area (Å²) in [6, 6.07) is 14.7. The number of rotatable bonds is 7. The molecule has 27 heavy (non-hydrogen) atoms. The van der Waals surface area contributed by atoms with Gasteiger partial charge in [0.25, 0.3) is 0 Å². The molecule has 2 aromatic carbocycles. The number of nitrogens with one attached hydrogen (secondary N) is 1. The Balaban J connectivity index is 1.79. The first kappa shape index (κ1) is 18.2. The minimum atomic E-state index is -1.04. The topological polar surface area (TPSA) is 93.0 Å². The highest BCUT2D eigenvalue weighted by Gasteiger charge is 2.05. The molecule has 0 aliphatic carbocycles. The van der Waals surface area contributed by atoms with Crippen molar-refractivity contribution in [3.63, 3.8) is 0 Å². The Morgan fingerprint density at radius 1 is 1.26 bits per heavy atom. The highest BCUT2D eigenvalue weighted by molar-refractivity contribution is 5.86. The van der Waals surface area contributed by atoms with Crippen LogP contribution >= 0.6 is 0 Å². The van der Waals surface area contributed by atoms with E-state index in [4.69, 9.17) is 14.6 Å². The van der Waals surface area contributed by atoms with Crippen molar-refractivity contribution in [2.75, 3.05) is 19.1 Å². The van der Waals surface area contributed by atoms with Crippen molar-refractivity contribution in [1.29, 1.82) is 0 Å². The van der Waals surface area contributed by atoms with Gasteiger partial charge in [0.05, 0.1) is 18.8 Å². The number of anilines is 1. The van der Waals surface area contributed by atoms with Crippen LogP contribution < -0.4 is 14.9 Å². The number of methoxy groups -OCH3 is 1. The number of aromatic nitrogens is 1. The number of fused-ring (bicyclic) bond motifs is 1. The molecule has 1 aromatic heterocycles. The maximum atomic E-state index is 10.7. The van der Waals surface area contributed by atoms with Crippen molar-refractivity contribution in [3.05, 3.63) is 59.7 Å². The average molecular weight is 365 g/mol. The Labute approximate surface area is 156 Å². The Hall–Kier alpha value is -3.61. The molecule has 138 valence electrons. The molecule has 0 unspecified atom stereocenters. The molecular weight excluding hydrogens is 346 g/mol. The van der Waals surface area contributed by atoms with Gasteiger partial charge in [0.2, 0.25) is 0 Å². The van der Waals surface area contributed by atoms with Crippen LogP contribution in [0.15, 0.2) is 53.6 Å². The minimum Gasteiger partial charge on any atom is -0.497 e. The molecule has 2 N–H and O–H groups in total. The molecule has 0 aliphatic rings. The number of hydrazone groups is 1. The van der Waals surface area contributed by atoms with Gasteiger partial charge in [-0.25, -0.2) is 9.78 Å². The second kappa shape index (κ2) is 8.18. The quantitative estimate of drug-likeness (QED) is 0.492.